The van der Waals surface area contributed by atoms with Gasteiger partial charge in [0.2, 0.25) is 10.6 Å². The van der Waals surface area contributed by atoms with E-state index in [2.05, 4.69) is 9.36 Å². The summed E-state index contributed by atoms with van der Waals surface area (Å²) in [5, 5.41) is 0.149. The van der Waals surface area contributed by atoms with E-state index < -0.39 is 23.0 Å². The summed E-state index contributed by atoms with van der Waals surface area (Å²) in [6.07, 6.45) is 2.47. The summed E-state index contributed by atoms with van der Waals surface area (Å²) in [6, 6.07) is 1.63. The number of halogens is 2. The van der Waals surface area contributed by atoms with Gasteiger partial charge in [0.15, 0.2) is 11.6 Å². The van der Waals surface area contributed by atoms with Crippen LogP contribution in [0.2, 0.25) is 0 Å². The number of aromatic nitrogens is 3. The van der Waals surface area contributed by atoms with Gasteiger partial charge in [-0.15, -0.1) is 0 Å². The lowest BCUT2D eigenvalue weighted by Gasteiger charge is -2.10. The van der Waals surface area contributed by atoms with E-state index in [1.54, 1.807) is 6.92 Å². The molecule has 0 saturated carbocycles. The lowest BCUT2D eigenvalue weighted by molar-refractivity contribution is 0.0524. The Hall–Kier alpha value is -2.68. The Kier molecular flexibility index (Phi) is 3.87. The molecule has 0 amide bonds. The molecule has 0 bridgehead atoms. The van der Waals surface area contributed by atoms with E-state index in [0.717, 1.165) is 23.7 Å². The molecule has 0 N–H and O–H groups in total. The quantitative estimate of drug-likeness (QED) is 0.686. The summed E-state index contributed by atoms with van der Waals surface area (Å²) in [5.41, 5.74) is -0.947. The molecule has 0 unspecified atom stereocenters. The maximum atomic E-state index is 13.6. The van der Waals surface area contributed by atoms with Gasteiger partial charge in [0.05, 0.1) is 17.5 Å². The van der Waals surface area contributed by atoms with E-state index in [-0.39, 0.29) is 23.1 Å². The third-order valence-corrected chi connectivity index (χ3v) is 3.76. The first-order valence-corrected chi connectivity index (χ1v) is 7.29. The lowest BCUT2D eigenvalue weighted by atomic mass is 10.1. The van der Waals surface area contributed by atoms with Gasteiger partial charge in [-0.1, -0.05) is 0 Å². The van der Waals surface area contributed by atoms with Gasteiger partial charge in [-0.25, -0.2) is 18.6 Å². The Morgan fingerprint density at radius 3 is 2.74 bits per heavy atom. The molecule has 0 atom stereocenters. The molecule has 1 aromatic carbocycles. The summed E-state index contributed by atoms with van der Waals surface area (Å²) in [7, 11) is 0. The van der Waals surface area contributed by atoms with E-state index >= 15 is 0 Å². The second-order valence-corrected chi connectivity index (χ2v) is 5.23. The van der Waals surface area contributed by atoms with Gasteiger partial charge in [-0.3, -0.25) is 9.36 Å². The minimum atomic E-state index is -1.18. The second kappa shape index (κ2) is 5.84. The highest BCUT2D eigenvalue weighted by Crippen LogP contribution is 2.21. The van der Waals surface area contributed by atoms with Crippen LogP contribution < -0.4 is 5.43 Å². The number of fused-ring (bicyclic) bond motifs is 1. The molecule has 0 spiro atoms. The van der Waals surface area contributed by atoms with Crippen molar-refractivity contribution in [1.29, 1.82) is 0 Å². The minimum Gasteiger partial charge on any atom is -0.462 e. The third-order valence-electron chi connectivity index (χ3n) is 3.10. The smallest absolute Gasteiger partial charge is 0.343 e. The maximum Gasteiger partial charge on any atom is 0.343 e. The van der Waals surface area contributed by atoms with Gasteiger partial charge in [0.25, 0.3) is 0 Å². The van der Waals surface area contributed by atoms with Gasteiger partial charge in [-0.2, -0.15) is 4.37 Å². The van der Waals surface area contributed by atoms with Crippen molar-refractivity contribution in [3.63, 3.8) is 0 Å². The SMILES string of the molecule is CCOC(=O)c1cn(-c2ncns2)c2cc(F)c(F)cc2c1=O. The number of nitrogens with zero attached hydrogens (tertiary/aromatic N) is 3. The number of ether oxygens (including phenoxy) is 1. The monoisotopic (exact) mass is 337 g/mol. The molecule has 23 heavy (non-hydrogen) atoms. The average molecular weight is 337 g/mol. The van der Waals surface area contributed by atoms with E-state index in [4.69, 9.17) is 4.74 Å². The topological polar surface area (TPSA) is 74.1 Å². The zero-order valence-corrected chi connectivity index (χ0v) is 12.6. The molecule has 0 aliphatic rings. The molecule has 9 heteroatoms. The molecule has 0 radical (unpaired) electrons. The molecule has 0 fully saturated rings. The van der Waals surface area contributed by atoms with Crippen molar-refractivity contribution < 1.29 is 18.3 Å². The number of carbonyl (C=O) groups is 1. The molecule has 118 valence electrons. The van der Waals surface area contributed by atoms with Crippen molar-refractivity contribution >= 4 is 28.4 Å². The van der Waals surface area contributed by atoms with Gasteiger partial charge in [0, 0.05) is 23.8 Å². The Morgan fingerprint density at radius 2 is 2.09 bits per heavy atom. The van der Waals surface area contributed by atoms with Crippen LogP contribution in [0.4, 0.5) is 8.78 Å². The fourth-order valence-corrected chi connectivity index (χ4v) is 2.63. The number of hydrogen-bond acceptors (Lipinski definition) is 6. The van der Waals surface area contributed by atoms with Crippen molar-refractivity contribution in [3.8, 4) is 5.13 Å². The van der Waals surface area contributed by atoms with Gasteiger partial charge in [-0.05, 0) is 13.0 Å². The molecule has 3 aromatic rings. The van der Waals surface area contributed by atoms with E-state index in [9.17, 15) is 18.4 Å². The first-order valence-electron chi connectivity index (χ1n) is 6.51. The highest BCUT2D eigenvalue weighted by molar-refractivity contribution is 7.08. The fourth-order valence-electron chi connectivity index (χ4n) is 2.11. The molecule has 0 saturated heterocycles. The van der Waals surface area contributed by atoms with Crippen molar-refractivity contribution in [2.45, 2.75) is 6.92 Å². The van der Waals surface area contributed by atoms with Crippen molar-refractivity contribution in [3.05, 3.63) is 52.1 Å². The van der Waals surface area contributed by atoms with Crippen LogP contribution in [0.3, 0.4) is 0 Å². The molecular weight excluding hydrogens is 328 g/mol. The van der Waals surface area contributed by atoms with Crippen LogP contribution in [-0.2, 0) is 4.74 Å². The molecule has 0 aliphatic heterocycles. The number of esters is 1. The Labute approximate surface area is 132 Å². The number of carbonyl (C=O) groups excluding carboxylic acids is 1. The number of benzene rings is 1. The van der Waals surface area contributed by atoms with Gasteiger partial charge >= 0.3 is 5.97 Å². The second-order valence-electron chi connectivity index (χ2n) is 4.47. The standard InChI is InChI=1S/C14H9F2N3O3S/c1-2-22-13(21)8-5-19(14-17-6-18-23-14)11-4-10(16)9(15)3-7(11)12(8)20/h3-6H,2H2,1H3. The normalized spacial score (nSPS) is 10.9. The highest BCUT2D eigenvalue weighted by atomic mass is 32.1. The molecule has 0 aliphatic carbocycles. The zero-order chi connectivity index (χ0) is 16.6. The van der Waals surface area contributed by atoms with Crippen LogP contribution >= 0.6 is 11.5 Å². The molecule has 2 aromatic heterocycles. The van der Waals surface area contributed by atoms with Crippen LogP contribution in [0, 0.1) is 11.6 Å². The Bertz CT molecular complexity index is 954. The predicted molar refractivity (Wildman–Crippen MR) is 78.9 cm³/mol. The first-order chi connectivity index (χ1) is 11.0. The van der Waals surface area contributed by atoms with Crippen LogP contribution in [0.1, 0.15) is 17.3 Å². The van der Waals surface area contributed by atoms with Crippen LogP contribution in [0.15, 0.2) is 29.5 Å². The van der Waals surface area contributed by atoms with E-state index in [1.807, 2.05) is 0 Å². The Balaban J connectivity index is 2.40. The Morgan fingerprint density at radius 1 is 1.35 bits per heavy atom. The molecule has 2 heterocycles. The summed E-state index contributed by atoms with van der Waals surface area (Å²) >= 11 is 0.972. The third kappa shape index (κ3) is 2.59. The summed E-state index contributed by atoms with van der Waals surface area (Å²) in [4.78, 5) is 28.3. The highest BCUT2D eigenvalue weighted by Gasteiger charge is 2.20. The van der Waals surface area contributed by atoms with Gasteiger partial charge < -0.3 is 4.74 Å². The van der Waals surface area contributed by atoms with Crippen LogP contribution in [0.25, 0.3) is 16.0 Å². The molecule has 6 nitrogen and oxygen atoms in total. The van der Waals surface area contributed by atoms with E-state index in [1.165, 1.54) is 17.1 Å². The molecule has 3 rings (SSSR count). The minimum absolute atomic E-state index is 0.0763. The van der Waals surface area contributed by atoms with Crippen LogP contribution in [0.5, 0.6) is 0 Å². The summed E-state index contributed by atoms with van der Waals surface area (Å²) < 4.78 is 37.1. The average Bonchev–Trinajstić information content (AvgIpc) is 3.04. The summed E-state index contributed by atoms with van der Waals surface area (Å²) in [6.45, 7) is 1.67. The number of pyridine rings is 1. The maximum absolute atomic E-state index is 13.6. The summed E-state index contributed by atoms with van der Waals surface area (Å²) in [5.74, 6) is -3.14. The van der Waals surface area contributed by atoms with Crippen molar-refractivity contribution in [2.24, 2.45) is 0 Å². The van der Waals surface area contributed by atoms with Crippen LogP contribution in [-0.4, -0.2) is 26.5 Å². The number of hydrogen-bond donors (Lipinski definition) is 0. The molecular formula is C14H9F2N3O3S. The lowest BCUT2D eigenvalue weighted by Crippen LogP contribution is -2.20. The largest absolute Gasteiger partial charge is 0.462 e. The van der Waals surface area contributed by atoms with E-state index in [0.29, 0.717) is 5.13 Å². The number of rotatable bonds is 3. The fraction of sp³-hybridized carbons (Fsp3) is 0.143. The first kappa shape index (κ1) is 15.2. The van der Waals surface area contributed by atoms with Gasteiger partial charge in [0.1, 0.15) is 11.9 Å². The zero-order valence-electron chi connectivity index (χ0n) is 11.7. The van der Waals surface area contributed by atoms with Crippen molar-refractivity contribution in [1.82, 2.24) is 13.9 Å². The van der Waals surface area contributed by atoms with Crippen molar-refractivity contribution in [2.75, 3.05) is 6.61 Å². The predicted octanol–water partition coefficient (Wildman–Crippen LogP) is 2.30.